The van der Waals surface area contributed by atoms with Gasteiger partial charge in [0.25, 0.3) is 0 Å². The normalized spacial score (nSPS) is 18.3. The van der Waals surface area contributed by atoms with Gasteiger partial charge >= 0.3 is 0 Å². The largest absolute Gasteiger partial charge is 0.485 e. The maximum atomic E-state index is 13.6. The number of para-hydroxylation sites is 2. The van der Waals surface area contributed by atoms with Crippen LogP contribution in [0.5, 0.6) is 5.75 Å². The Bertz CT molecular complexity index is 908. The molecule has 0 bridgehead atoms. The molecule has 3 heteroatoms. The molecule has 0 spiro atoms. The first kappa shape index (κ1) is 17.3. The zero-order valence-corrected chi connectivity index (χ0v) is 15.4. The van der Waals surface area contributed by atoms with Gasteiger partial charge in [-0.25, -0.2) is 0 Å². The molecule has 2 unspecified atom stereocenters. The number of carbonyl (C=O) groups excluding carboxylic acids is 1. The molecule has 0 aliphatic carbocycles. The highest BCUT2D eigenvalue weighted by Gasteiger charge is 2.38. The first-order chi connectivity index (χ1) is 13.3. The summed E-state index contributed by atoms with van der Waals surface area (Å²) < 4.78 is 6.33. The van der Waals surface area contributed by atoms with Crippen LogP contribution in [0.25, 0.3) is 0 Å². The van der Waals surface area contributed by atoms with Crippen molar-refractivity contribution in [3.05, 3.63) is 96.1 Å². The fraction of sp³-hybridized carbons (Fsp3) is 0.208. The molecule has 0 aromatic heterocycles. The third kappa shape index (κ3) is 3.45. The third-order valence-corrected chi connectivity index (χ3v) is 5.13. The topological polar surface area (TPSA) is 29.5 Å². The Balaban J connectivity index is 1.72. The Morgan fingerprint density at radius 1 is 0.926 bits per heavy atom. The summed E-state index contributed by atoms with van der Waals surface area (Å²) in [5, 5.41) is 0. The summed E-state index contributed by atoms with van der Waals surface area (Å²) in [5.74, 6) is 0.715. The summed E-state index contributed by atoms with van der Waals surface area (Å²) in [5.41, 5.74) is 3.05. The maximum absolute atomic E-state index is 13.6. The first-order valence-electron chi connectivity index (χ1n) is 9.44. The monoisotopic (exact) mass is 357 g/mol. The van der Waals surface area contributed by atoms with Gasteiger partial charge in [0.2, 0.25) is 5.91 Å². The minimum Gasteiger partial charge on any atom is -0.485 e. The number of amides is 1. The van der Waals surface area contributed by atoms with Gasteiger partial charge in [-0.05, 0) is 42.7 Å². The van der Waals surface area contributed by atoms with Crippen molar-refractivity contribution in [3.63, 3.8) is 0 Å². The minimum atomic E-state index is -0.286. The average molecular weight is 357 g/mol. The standard InChI is InChI=1S/C24H23NO2/c1-2-25(20-14-7-4-8-15-20)24(26)21-17-19-13-9-10-16-22(19)27-23(21)18-11-5-3-6-12-18/h3-16,21,23H,2,17H2,1H3. The van der Waals surface area contributed by atoms with E-state index in [2.05, 4.69) is 6.07 Å². The summed E-state index contributed by atoms with van der Waals surface area (Å²) in [4.78, 5) is 15.4. The van der Waals surface area contributed by atoms with Gasteiger partial charge in [0.15, 0.2) is 0 Å². The molecule has 0 N–H and O–H groups in total. The van der Waals surface area contributed by atoms with E-state index in [4.69, 9.17) is 4.74 Å². The quantitative estimate of drug-likeness (QED) is 0.655. The molecule has 0 saturated carbocycles. The second-order valence-electron chi connectivity index (χ2n) is 6.79. The Labute approximate surface area is 160 Å². The van der Waals surface area contributed by atoms with Gasteiger partial charge in [0.1, 0.15) is 11.9 Å². The molecular formula is C24H23NO2. The zero-order valence-electron chi connectivity index (χ0n) is 15.4. The first-order valence-corrected chi connectivity index (χ1v) is 9.44. The molecule has 27 heavy (non-hydrogen) atoms. The molecule has 1 amide bonds. The summed E-state index contributed by atoms with van der Waals surface area (Å²) in [6.45, 7) is 2.64. The number of rotatable bonds is 4. The lowest BCUT2D eigenvalue weighted by molar-refractivity contribution is -0.126. The van der Waals surface area contributed by atoms with Crippen LogP contribution >= 0.6 is 0 Å². The van der Waals surface area contributed by atoms with Gasteiger partial charge in [-0.1, -0.05) is 66.7 Å². The number of hydrogen-bond donors (Lipinski definition) is 0. The second kappa shape index (κ2) is 7.67. The molecule has 1 aliphatic heterocycles. The predicted octanol–water partition coefficient (Wildman–Crippen LogP) is 5.03. The van der Waals surface area contributed by atoms with Crippen molar-refractivity contribution in [1.82, 2.24) is 0 Å². The molecule has 0 saturated heterocycles. The van der Waals surface area contributed by atoms with Crippen molar-refractivity contribution < 1.29 is 9.53 Å². The van der Waals surface area contributed by atoms with Crippen LogP contribution in [0.3, 0.4) is 0 Å². The van der Waals surface area contributed by atoms with Crippen LogP contribution in [0.15, 0.2) is 84.9 Å². The van der Waals surface area contributed by atoms with Gasteiger partial charge in [-0.15, -0.1) is 0 Å². The van der Waals surface area contributed by atoms with Crippen molar-refractivity contribution in [3.8, 4) is 5.75 Å². The number of benzene rings is 3. The smallest absolute Gasteiger partial charge is 0.234 e. The van der Waals surface area contributed by atoms with Crippen LogP contribution in [-0.2, 0) is 11.2 Å². The Hall–Kier alpha value is -3.07. The van der Waals surface area contributed by atoms with E-state index in [9.17, 15) is 4.79 Å². The fourth-order valence-corrected chi connectivity index (χ4v) is 3.78. The van der Waals surface area contributed by atoms with Crippen LogP contribution in [-0.4, -0.2) is 12.5 Å². The fourth-order valence-electron chi connectivity index (χ4n) is 3.78. The lowest BCUT2D eigenvalue weighted by Gasteiger charge is -2.36. The van der Waals surface area contributed by atoms with Crippen molar-refractivity contribution in [1.29, 1.82) is 0 Å². The number of hydrogen-bond acceptors (Lipinski definition) is 2. The lowest BCUT2D eigenvalue weighted by atomic mass is 9.85. The van der Waals surface area contributed by atoms with Gasteiger partial charge in [0, 0.05) is 12.2 Å². The van der Waals surface area contributed by atoms with Gasteiger partial charge in [0.05, 0.1) is 5.92 Å². The average Bonchev–Trinajstić information content (AvgIpc) is 2.74. The maximum Gasteiger partial charge on any atom is 0.234 e. The molecule has 3 aromatic rings. The zero-order chi connectivity index (χ0) is 18.6. The van der Waals surface area contributed by atoms with Crippen LogP contribution < -0.4 is 9.64 Å². The van der Waals surface area contributed by atoms with Gasteiger partial charge in [-0.2, -0.15) is 0 Å². The molecule has 0 fully saturated rings. The number of carbonyl (C=O) groups is 1. The molecule has 1 heterocycles. The highest BCUT2D eigenvalue weighted by atomic mass is 16.5. The van der Waals surface area contributed by atoms with E-state index in [1.54, 1.807) is 0 Å². The van der Waals surface area contributed by atoms with E-state index in [0.717, 1.165) is 22.6 Å². The molecule has 0 radical (unpaired) electrons. The minimum absolute atomic E-state index is 0.104. The molecule has 2 atom stereocenters. The van der Waals surface area contributed by atoms with Crippen molar-refractivity contribution in [2.24, 2.45) is 5.92 Å². The molecule has 1 aliphatic rings. The molecule has 136 valence electrons. The third-order valence-electron chi connectivity index (χ3n) is 5.13. The van der Waals surface area contributed by atoms with Crippen LogP contribution in [0, 0.1) is 5.92 Å². The van der Waals surface area contributed by atoms with Crippen molar-refractivity contribution in [2.45, 2.75) is 19.4 Å². The second-order valence-corrected chi connectivity index (χ2v) is 6.79. The summed E-state index contributed by atoms with van der Waals surface area (Å²) >= 11 is 0. The molecule has 3 nitrogen and oxygen atoms in total. The van der Waals surface area contributed by atoms with E-state index in [1.165, 1.54) is 0 Å². The molecular weight excluding hydrogens is 334 g/mol. The van der Waals surface area contributed by atoms with E-state index in [1.807, 2.05) is 90.7 Å². The van der Waals surface area contributed by atoms with Gasteiger partial charge in [-0.3, -0.25) is 4.79 Å². The summed E-state index contributed by atoms with van der Waals surface area (Å²) in [7, 11) is 0. The Kier molecular flexibility index (Phi) is 4.93. The molecule has 3 aromatic carbocycles. The Morgan fingerprint density at radius 3 is 2.26 bits per heavy atom. The van der Waals surface area contributed by atoms with Gasteiger partial charge < -0.3 is 9.64 Å². The van der Waals surface area contributed by atoms with Crippen LogP contribution in [0.2, 0.25) is 0 Å². The van der Waals surface area contributed by atoms with E-state index < -0.39 is 0 Å². The van der Waals surface area contributed by atoms with Crippen LogP contribution in [0.4, 0.5) is 5.69 Å². The predicted molar refractivity (Wildman–Crippen MR) is 108 cm³/mol. The van der Waals surface area contributed by atoms with Crippen molar-refractivity contribution >= 4 is 11.6 Å². The SMILES string of the molecule is CCN(C(=O)C1Cc2ccccc2OC1c1ccccc1)c1ccccc1. The van der Waals surface area contributed by atoms with E-state index in [0.29, 0.717) is 13.0 Å². The van der Waals surface area contributed by atoms with E-state index in [-0.39, 0.29) is 17.9 Å². The van der Waals surface area contributed by atoms with Crippen molar-refractivity contribution in [2.75, 3.05) is 11.4 Å². The summed E-state index contributed by atoms with van der Waals surface area (Å²) in [6.07, 6.45) is 0.393. The highest BCUT2D eigenvalue weighted by molar-refractivity contribution is 5.95. The lowest BCUT2D eigenvalue weighted by Crippen LogP contribution is -2.42. The van der Waals surface area contributed by atoms with E-state index >= 15 is 0 Å². The van der Waals surface area contributed by atoms with Crippen LogP contribution in [0.1, 0.15) is 24.2 Å². The highest BCUT2D eigenvalue weighted by Crippen LogP contribution is 2.40. The summed E-state index contributed by atoms with van der Waals surface area (Å²) in [6, 6.07) is 27.9. The number of ether oxygens (including phenoxy) is 1. The number of nitrogens with zero attached hydrogens (tertiary/aromatic N) is 1. The Morgan fingerprint density at radius 2 is 1.56 bits per heavy atom. The number of fused-ring (bicyclic) bond motifs is 1. The molecule has 4 rings (SSSR count). The number of anilines is 1.